The Bertz CT molecular complexity index is 1790. The normalized spacial score (nSPS) is 27.7. The first-order valence-corrected chi connectivity index (χ1v) is 22.1. The third-order valence-electron chi connectivity index (χ3n) is 12.6. The van der Waals surface area contributed by atoms with E-state index in [0.29, 0.717) is 50.5 Å². The molecule has 7 rings (SSSR count). The number of benzene rings is 2. The molecule has 2 amide bonds. The van der Waals surface area contributed by atoms with Crippen LogP contribution in [0.4, 0.5) is 4.79 Å². The number of aliphatic hydroxyl groups is 2. The van der Waals surface area contributed by atoms with Gasteiger partial charge >= 0.3 is 6.09 Å². The summed E-state index contributed by atoms with van der Waals surface area (Å²) in [6.07, 6.45) is 13.2. The standard InChI is InChI=1S/C47H63N3O9/c1-3-23-50(45(53)33-19-20-33)41-30-39(49-59-42-18-10-13-27-55-42)37-28-34(16-8-11-24-51)36(17-9-12-25-52)43-38-29-35(57-46(54)48-31-32-14-6-5-7-15-32)21-22-40(38)58-47(41,44(37)43)56-26-4-2/h4-7,14-15,21-22,28-29,33-34,36,41-44,51-52H,2-3,8-13,16-20,23-27,30-31H2,1H3,(H,48,54). The summed E-state index contributed by atoms with van der Waals surface area (Å²) in [5.41, 5.74) is 3.56. The summed E-state index contributed by atoms with van der Waals surface area (Å²) in [5, 5.41) is 27.6. The number of nitrogens with one attached hydrogen (secondary N) is 1. The molecule has 0 bridgehead atoms. The molecule has 7 atom stereocenters. The van der Waals surface area contributed by atoms with Gasteiger partial charge in [-0.15, -0.1) is 6.58 Å². The van der Waals surface area contributed by atoms with Crippen molar-refractivity contribution < 1.29 is 43.6 Å². The molecule has 0 radical (unpaired) electrons. The summed E-state index contributed by atoms with van der Waals surface area (Å²) in [5.74, 6) is -0.792. The van der Waals surface area contributed by atoms with Crippen LogP contribution in [0.15, 0.2) is 78.0 Å². The summed E-state index contributed by atoms with van der Waals surface area (Å²) in [7, 11) is 0. The molecule has 1 saturated heterocycles. The zero-order valence-electron chi connectivity index (χ0n) is 34.6. The van der Waals surface area contributed by atoms with Gasteiger partial charge in [0.2, 0.25) is 18.0 Å². The molecule has 320 valence electrons. The minimum Gasteiger partial charge on any atom is -0.459 e. The molecule has 3 N–H and O–H groups in total. The van der Waals surface area contributed by atoms with Crippen molar-refractivity contribution in [3.63, 3.8) is 0 Å². The highest BCUT2D eigenvalue weighted by atomic mass is 16.8. The van der Waals surface area contributed by atoms with Crippen molar-refractivity contribution in [2.24, 2.45) is 28.8 Å². The second-order valence-corrected chi connectivity index (χ2v) is 16.7. The zero-order chi connectivity index (χ0) is 41.2. The summed E-state index contributed by atoms with van der Waals surface area (Å²) < 4.78 is 26.3. The van der Waals surface area contributed by atoms with E-state index in [4.69, 9.17) is 28.9 Å². The molecule has 12 heteroatoms. The van der Waals surface area contributed by atoms with E-state index < -0.39 is 30.1 Å². The van der Waals surface area contributed by atoms with E-state index in [1.54, 1.807) is 12.1 Å². The van der Waals surface area contributed by atoms with E-state index in [0.717, 1.165) is 86.6 Å². The minimum atomic E-state index is -1.32. The average molecular weight is 814 g/mol. The van der Waals surface area contributed by atoms with Crippen molar-refractivity contribution >= 4 is 17.7 Å². The topological polar surface area (TPSA) is 148 Å². The summed E-state index contributed by atoms with van der Waals surface area (Å²) in [4.78, 5) is 35.9. The lowest BCUT2D eigenvalue weighted by Gasteiger charge is -2.60. The molecule has 2 aromatic rings. The SMILES string of the molecule is C=CCOC12Oc3ccc(OC(=O)NCc4ccccc4)cc3C3C(CCCCO)C(CCCCO)C=C(C(=NOC4CCCCO4)CC1N(CCC)C(=O)C1CC1)C32. The first kappa shape index (κ1) is 42.9. The number of rotatable bonds is 20. The number of nitrogens with zero attached hydrogens (tertiary/aromatic N) is 2. The van der Waals surface area contributed by atoms with Crippen LogP contribution in [0.25, 0.3) is 0 Å². The Kier molecular flexibility index (Phi) is 14.8. The molecular formula is C47H63N3O9. The molecule has 3 fully saturated rings. The van der Waals surface area contributed by atoms with Gasteiger partial charge < -0.3 is 44.2 Å². The van der Waals surface area contributed by atoms with E-state index in [-0.39, 0.29) is 49.4 Å². The fourth-order valence-electron chi connectivity index (χ4n) is 9.77. The van der Waals surface area contributed by atoms with Gasteiger partial charge in [0.05, 0.1) is 24.8 Å². The first-order chi connectivity index (χ1) is 28.9. The number of carbonyl (C=O) groups excluding carboxylic acids is 2. The first-order valence-electron chi connectivity index (χ1n) is 22.1. The van der Waals surface area contributed by atoms with Crippen LogP contribution in [-0.2, 0) is 25.7 Å². The predicted molar refractivity (Wildman–Crippen MR) is 224 cm³/mol. The van der Waals surface area contributed by atoms with Crippen LogP contribution in [0.2, 0.25) is 0 Å². The highest BCUT2D eigenvalue weighted by Gasteiger charge is 2.65. The highest BCUT2D eigenvalue weighted by molar-refractivity contribution is 6.03. The number of hydrogen-bond donors (Lipinski definition) is 3. The molecular weight excluding hydrogens is 751 g/mol. The van der Waals surface area contributed by atoms with Crippen LogP contribution in [-0.4, -0.2) is 83.9 Å². The molecule has 2 aromatic carbocycles. The summed E-state index contributed by atoms with van der Waals surface area (Å²) in [6.45, 7) is 7.98. The predicted octanol–water partition coefficient (Wildman–Crippen LogP) is 7.78. The number of carbonyl (C=O) groups is 2. The zero-order valence-corrected chi connectivity index (χ0v) is 34.6. The lowest BCUT2D eigenvalue weighted by atomic mass is 9.55. The Morgan fingerprint density at radius 2 is 1.83 bits per heavy atom. The van der Waals surface area contributed by atoms with Crippen LogP contribution in [0.5, 0.6) is 11.5 Å². The van der Waals surface area contributed by atoms with Gasteiger partial charge in [-0.2, -0.15) is 0 Å². The quantitative estimate of drug-likeness (QED) is 0.0693. The van der Waals surface area contributed by atoms with Crippen molar-refractivity contribution in [1.82, 2.24) is 10.2 Å². The van der Waals surface area contributed by atoms with Crippen molar-refractivity contribution in [1.29, 1.82) is 0 Å². The van der Waals surface area contributed by atoms with E-state index in [1.807, 2.05) is 47.4 Å². The smallest absolute Gasteiger partial charge is 0.412 e. The number of allylic oxidation sites excluding steroid dienone is 1. The second kappa shape index (κ2) is 20.4. The maximum Gasteiger partial charge on any atom is 0.412 e. The Morgan fingerprint density at radius 3 is 2.54 bits per heavy atom. The molecule has 2 heterocycles. The molecule has 5 aliphatic rings. The summed E-state index contributed by atoms with van der Waals surface area (Å²) in [6, 6.07) is 14.7. The third kappa shape index (κ3) is 9.88. The fourth-order valence-corrected chi connectivity index (χ4v) is 9.77. The molecule has 2 aliphatic heterocycles. The monoisotopic (exact) mass is 813 g/mol. The number of fused-ring (bicyclic) bond motifs is 2. The van der Waals surface area contributed by atoms with Gasteiger partial charge in [0.15, 0.2) is 0 Å². The van der Waals surface area contributed by atoms with Gasteiger partial charge in [-0.05, 0) is 99.0 Å². The maximum absolute atomic E-state index is 14.4. The van der Waals surface area contributed by atoms with Crippen molar-refractivity contribution in [3.05, 3.63) is 84.0 Å². The van der Waals surface area contributed by atoms with Gasteiger partial charge in [0.1, 0.15) is 17.5 Å². The lowest BCUT2D eigenvalue weighted by molar-refractivity contribution is -0.258. The maximum atomic E-state index is 14.4. The Labute approximate surface area is 348 Å². The Morgan fingerprint density at radius 1 is 1.03 bits per heavy atom. The van der Waals surface area contributed by atoms with E-state index >= 15 is 0 Å². The molecule has 0 spiro atoms. The van der Waals surface area contributed by atoms with Crippen molar-refractivity contribution in [3.8, 4) is 11.5 Å². The van der Waals surface area contributed by atoms with Gasteiger partial charge in [0, 0.05) is 56.5 Å². The second-order valence-electron chi connectivity index (χ2n) is 16.7. The number of aliphatic hydroxyl groups excluding tert-OH is 2. The highest BCUT2D eigenvalue weighted by Crippen LogP contribution is 2.62. The Hall–Kier alpha value is -4.23. The van der Waals surface area contributed by atoms with Crippen molar-refractivity contribution in [2.45, 2.75) is 121 Å². The van der Waals surface area contributed by atoms with Crippen LogP contribution >= 0.6 is 0 Å². The van der Waals surface area contributed by atoms with E-state index in [9.17, 15) is 19.8 Å². The van der Waals surface area contributed by atoms with Crippen LogP contribution < -0.4 is 14.8 Å². The number of amides is 2. The molecule has 0 aromatic heterocycles. The van der Waals surface area contributed by atoms with E-state index in [2.05, 4.69) is 24.9 Å². The number of unbranched alkanes of at least 4 members (excludes halogenated alkanes) is 2. The lowest BCUT2D eigenvalue weighted by Crippen LogP contribution is -2.70. The van der Waals surface area contributed by atoms with Gasteiger partial charge in [-0.1, -0.05) is 67.4 Å². The fraction of sp³-hybridized carbons (Fsp3) is 0.596. The van der Waals surface area contributed by atoms with E-state index in [1.165, 1.54) is 0 Å². The number of hydrogen-bond acceptors (Lipinski definition) is 10. The number of oxime groups is 1. The Balaban J connectivity index is 1.37. The van der Waals surface area contributed by atoms with Crippen LogP contribution in [0.1, 0.15) is 107 Å². The van der Waals surface area contributed by atoms with Gasteiger partial charge in [-0.3, -0.25) is 4.79 Å². The molecule has 12 nitrogen and oxygen atoms in total. The molecule has 3 aliphatic carbocycles. The largest absolute Gasteiger partial charge is 0.459 e. The summed E-state index contributed by atoms with van der Waals surface area (Å²) >= 11 is 0. The van der Waals surface area contributed by atoms with Gasteiger partial charge in [-0.25, -0.2) is 4.79 Å². The average Bonchev–Trinajstić information content (AvgIpc) is 4.11. The van der Waals surface area contributed by atoms with Crippen LogP contribution in [0, 0.1) is 23.7 Å². The number of ether oxygens (including phenoxy) is 4. The molecule has 59 heavy (non-hydrogen) atoms. The van der Waals surface area contributed by atoms with Gasteiger partial charge in [0.25, 0.3) is 0 Å². The van der Waals surface area contributed by atoms with Crippen LogP contribution in [0.3, 0.4) is 0 Å². The molecule has 2 saturated carbocycles. The molecule has 7 unspecified atom stereocenters. The minimum absolute atomic E-state index is 0.0323. The third-order valence-corrected chi connectivity index (χ3v) is 12.6. The van der Waals surface area contributed by atoms with Crippen molar-refractivity contribution in [2.75, 3.05) is 33.0 Å².